The van der Waals surface area contributed by atoms with Gasteiger partial charge in [0.2, 0.25) is 0 Å². The van der Waals surface area contributed by atoms with E-state index in [1.807, 2.05) is 31.2 Å². The minimum absolute atomic E-state index is 0.0563. The van der Waals surface area contributed by atoms with Crippen LogP contribution in [0.25, 0.3) is 32.5 Å². The summed E-state index contributed by atoms with van der Waals surface area (Å²) in [5.74, 6) is 0.634. The first-order chi connectivity index (χ1) is 17.5. The Labute approximate surface area is 211 Å². The number of hydrogen-bond donors (Lipinski definition) is 4. The average molecular weight is 499 g/mol. The highest BCUT2D eigenvalue weighted by Gasteiger charge is 2.17. The number of amidine groups is 1. The van der Waals surface area contributed by atoms with E-state index in [4.69, 9.17) is 10.7 Å². The Morgan fingerprint density at radius 3 is 2.92 bits per heavy atom. The molecule has 0 aliphatic carbocycles. The number of aliphatic hydroxyl groups is 1. The third-order valence-electron chi connectivity index (χ3n) is 6.19. The molecule has 0 fully saturated rings. The fourth-order valence-corrected chi connectivity index (χ4v) is 5.29. The third-order valence-corrected chi connectivity index (χ3v) is 7.20. The van der Waals surface area contributed by atoms with Crippen LogP contribution in [0.4, 0.5) is 5.69 Å². The lowest BCUT2D eigenvalue weighted by Crippen LogP contribution is -2.13. The number of pyridine rings is 1. The molecule has 5 aromatic rings. The Morgan fingerprint density at radius 1 is 1.28 bits per heavy atom. The van der Waals surface area contributed by atoms with E-state index in [1.165, 1.54) is 15.6 Å². The molecule has 0 aliphatic heterocycles. The Morgan fingerprint density at radius 2 is 2.11 bits per heavy atom. The van der Waals surface area contributed by atoms with Gasteiger partial charge in [0, 0.05) is 35.6 Å². The van der Waals surface area contributed by atoms with Crippen molar-refractivity contribution in [3.63, 3.8) is 0 Å². The highest BCUT2D eigenvalue weighted by atomic mass is 32.1. The molecule has 3 aromatic heterocycles. The van der Waals surface area contributed by atoms with Gasteiger partial charge in [0.25, 0.3) is 5.56 Å². The van der Waals surface area contributed by atoms with E-state index < -0.39 is 0 Å². The molecular weight excluding hydrogens is 472 g/mol. The number of nitrogens with one attached hydrogen (secondary N) is 2. The Balaban J connectivity index is 1.50. The number of aryl methyl sites for hydroxylation is 1. The number of fused-ring (bicyclic) bond motifs is 2. The van der Waals surface area contributed by atoms with Crippen molar-refractivity contribution >= 4 is 50.2 Å². The number of aliphatic hydroxyl groups excluding tert-OH is 1. The van der Waals surface area contributed by atoms with Gasteiger partial charge in [-0.2, -0.15) is 0 Å². The number of benzene rings is 2. The SMILES string of the molecule is CN=C(N)c1cc(C)c2nc(-c3c(N=CC(CO)Cc4csc5ccccc45)cc[nH]c3=O)[nH]c2c1. The lowest BCUT2D eigenvalue weighted by atomic mass is 10.0. The number of aromatic amines is 2. The number of rotatable bonds is 7. The minimum Gasteiger partial charge on any atom is -0.396 e. The van der Waals surface area contributed by atoms with Crippen LogP contribution >= 0.6 is 11.3 Å². The largest absolute Gasteiger partial charge is 0.396 e. The van der Waals surface area contributed by atoms with E-state index in [0.717, 1.165) is 22.2 Å². The molecule has 0 saturated carbocycles. The molecule has 0 bridgehead atoms. The van der Waals surface area contributed by atoms with Gasteiger partial charge in [-0.05, 0) is 59.5 Å². The molecule has 36 heavy (non-hydrogen) atoms. The predicted molar refractivity (Wildman–Crippen MR) is 148 cm³/mol. The molecule has 182 valence electrons. The maximum atomic E-state index is 12.9. The van der Waals surface area contributed by atoms with Gasteiger partial charge in [0.15, 0.2) is 0 Å². The Kier molecular flexibility index (Phi) is 6.49. The van der Waals surface area contributed by atoms with Crippen molar-refractivity contribution in [1.82, 2.24) is 15.0 Å². The van der Waals surface area contributed by atoms with Crippen LogP contribution in [-0.2, 0) is 6.42 Å². The van der Waals surface area contributed by atoms with Crippen molar-refractivity contribution < 1.29 is 5.11 Å². The normalized spacial score (nSPS) is 13.2. The van der Waals surface area contributed by atoms with Crippen LogP contribution < -0.4 is 11.3 Å². The summed E-state index contributed by atoms with van der Waals surface area (Å²) in [6, 6.07) is 13.7. The zero-order valence-corrected chi connectivity index (χ0v) is 20.8. The van der Waals surface area contributed by atoms with Crippen molar-refractivity contribution in [3.05, 3.63) is 81.1 Å². The fourth-order valence-electron chi connectivity index (χ4n) is 4.31. The van der Waals surface area contributed by atoms with E-state index in [9.17, 15) is 9.90 Å². The van der Waals surface area contributed by atoms with Crippen LogP contribution in [0, 0.1) is 12.8 Å². The number of hydrogen-bond acceptors (Lipinski definition) is 6. The summed E-state index contributed by atoms with van der Waals surface area (Å²) in [6.07, 6.45) is 3.92. The van der Waals surface area contributed by atoms with Gasteiger partial charge in [-0.1, -0.05) is 18.2 Å². The van der Waals surface area contributed by atoms with Gasteiger partial charge in [0.05, 0.1) is 23.3 Å². The number of aliphatic imine (C=N–C) groups is 2. The van der Waals surface area contributed by atoms with E-state index in [2.05, 4.69) is 37.5 Å². The third kappa shape index (κ3) is 4.46. The molecule has 9 heteroatoms. The fraction of sp³-hybridized carbons (Fsp3) is 0.185. The zero-order chi connectivity index (χ0) is 25.2. The molecule has 0 radical (unpaired) electrons. The second-order valence-electron chi connectivity index (χ2n) is 8.63. The summed E-state index contributed by atoms with van der Waals surface area (Å²) < 4.78 is 1.22. The molecule has 1 atom stereocenters. The van der Waals surface area contributed by atoms with Crippen LogP contribution in [0.3, 0.4) is 0 Å². The molecule has 0 amide bonds. The van der Waals surface area contributed by atoms with Crippen molar-refractivity contribution in [3.8, 4) is 11.4 Å². The van der Waals surface area contributed by atoms with E-state index in [0.29, 0.717) is 29.3 Å². The maximum absolute atomic E-state index is 12.9. The van der Waals surface area contributed by atoms with Crippen LogP contribution in [0.2, 0.25) is 0 Å². The van der Waals surface area contributed by atoms with E-state index in [1.54, 1.807) is 36.9 Å². The minimum atomic E-state index is -0.305. The molecule has 8 nitrogen and oxygen atoms in total. The number of thiophene rings is 1. The summed E-state index contributed by atoms with van der Waals surface area (Å²) in [5, 5.41) is 13.4. The van der Waals surface area contributed by atoms with Gasteiger partial charge >= 0.3 is 0 Å². The molecule has 0 aliphatic rings. The topological polar surface area (TPSA) is 133 Å². The summed E-state index contributed by atoms with van der Waals surface area (Å²) >= 11 is 1.69. The van der Waals surface area contributed by atoms with Gasteiger partial charge in [-0.3, -0.25) is 14.8 Å². The lowest BCUT2D eigenvalue weighted by molar-refractivity contribution is 0.263. The van der Waals surface area contributed by atoms with Gasteiger partial charge in [0.1, 0.15) is 17.2 Å². The Hall–Kier alpha value is -4.08. The number of aromatic nitrogens is 3. The molecule has 5 rings (SSSR count). The second-order valence-corrected chi connectivity index (χ2v) is 9.54. The summed E-state index contributed by atoms with van der Waals surface area (Å²) in [4.78, 5) is 32.2. The zero-order valence-electron chi connectivity index (χ0n) is 19.9. The molecule has 2 aromatic carbocycles. The number of imidazole rings is 1. The van der Waals surface area contributed by atoms with E-state index >= 15 is 0 Å². The molecular formula is C27H26N6O2S. The quantitative estimate of drug-likeness (QED) is 0.196. The number of nitrogens with zero attached hydrogens (tertiary/aromatic N) is 3. The monoisotopic (exact) mass is 498 g/mol. The van der Waals surface area contributed by atoms with Crippen molar-refractivity contribution in [2.24, 2.45) is 21.6 Å². The highest BCUT2D eigenvalue weighted by Crippen LogP contribution is 2.30. The summed E-state index contributed by atoms with van der Waals surface area (Å²) in [7, 11) is 1.64. The predicted octanol–water partition coefficient (Wildman–Crippen LogP) is 4.33. The molecule has 0 spiro atoms. The average Bonchev–Trinajstić information content (AvgIpc) is 3.50. The van der Waals surface area contributed by atoms with Crippen LogP contribution in [0.5, 0.6) is 0 Å². The first kappa shape index (κ1) is 23.7. The molecule has 0 saturated heterocycles. The molecule has 3 heterocycles. The Bertz CT molecular complexity index is 1680. The van der Waals surface area contributed by atoms with Crippen LogP contribution in [0.15, 0.2) is 68.8 Å². The number of nitrogens with two attached hydrogens (primary N) is 1. The summed E-state index contributed by atoms with van der Waals surface area (Å²) in [6.45, 7) is 1.88. The highest BCUT2D eigenvalue weighted by molar-refractivity contribution is 7.17. The van der Waals surface area contributed by atoms with E-state index in [-0.39, 0.29) is 18.1 Å². The van der Waals surface area contributed by atoms with Crippen molar-refractivity contribution in [1.29, 1.82) is 0 Å². The van der Waals surface area contributed by atoms with Crippen LogP contribution in [0.1, 0.15) is 16.7 Å². The first-order valence-corrected chi connectivity index (χ1v) is 12.4. The van der Waals surface area contributed by atoms with Crippen LogP contribution in [-0.4, -0.2) is 45.8 Å². The summed E-state index contributed by atoms with van der Waals surface area (Å²) in [5.41, 5.74) is 10.9. The van der Waals surface area contributed by atoms with Crippen molar-refractivity contribution in [2.45, 2.75) is 13.3 Å². The second kappa shape index (κ2) is 9.88. The lowest BCUT2D eigenvalue weighted by Gasteiger charge is -2.09. The molecule has 1 unspecified atom stereocenters. The van der Waals surface area contributed by atoms with Gasteiger partial charge in [-0.25, -0.2) is 4.98 Å². The first-order valence-electron chi connectivity index (χ1n) is 11.5. The number of H-pyrrole nitrogens is 2. The smallest absolute Gasteiger partial charge is 0.261 e. The van der Waals surface area contributed by atoms with Gasteiger partial charge < -0.3 is 20.8 Å². The standard InChI is InChI=1S/C27H26N6O2S/c1-15-9-17(25(28)29-2)11-21-24(15)33-26(32-21)23-20(7-8-30-27(23)35)31-12-16(13-34)10-18-14-36-22-6-4-3-5-19(18)22/h3-9,11-12,14,16,34H,10,13H2,1-2H3,(H2,28,29)(H,30,35)(H,32,33). The maximum Gasteiger partial charge on any atom is 0.261 e. The van der Waals surface area contributed by atoms with Gasteiger partial charge in [-0.15, -0.1) is 11.3 Å². The van der Waals surface area contributed by atoms with Crippen molar-refractivity contribution in [2.75, 3.05) is 13.7 Å². The molecule has 5 N–H and O–H groups in total.